The molecule has 0 aliphatic heterocycles. The molecule has 6 heteroatoms. The second-order valence-electron chi connectivity index (χ2n) is 5.01. The minimum atomic E-state index is -0.656. The molecule has 0 radical (unpaired) electrons. The van der Waals surface area contributed by atoms with Gasteiger partial charge in [0.15, 0.2) is 0 Å². The van der Waals surface area contributed by atoms with E-state index in [0.717, 1.165) is 0 Å². The van der Waals surface area contributed by atoms with Gasteiger partial charge in [-0.1, -0.05) is 12.1 Å². The summed E-state index contributed by atoms with van der Waals surface area (Å²) in [6, 6.07) is 5.73. The molecule has 0 saturated carbocycles. The maximum absolute atomic E-state index is 13.3. The van der Waals surface area contributed by atoms with Crippen LogP contribution in [0.25, 0.3) is 0 Å². The van der Waals surface area contributed by atoms with Crippen molar-refractivity contribution in [3.05, 3.63) is 35.6 Å². The first-order valence-electron chi connectivity index (χ1n) is 6.25. The fourth-order valence-corrected chi connectivity index (χ4v) is 1.51. The van der Waals surface area contributed by atoms with Crippen LogP contribution in [-0.2, 0) is 4.79 Å². The maximum atomic E-state index is 13.3. The number of carbonyl (C=O) groups excluding carboxylic acids is 2. The van der Waals surface area contributed by atoms with Gasteiger partial charge in [0.05, 0.1) is 11.0 Å². The lowest BCUT2D eigenvalue weighted by molar-refractivity contribution is -0.128. The van der Waals surface area contributed by atoms with Gasteiger partial charge in [0.1, 0.15) is 5.82 Å². The normalized spacial score (nSPS) is 11.0. The predicted molar refractivity (Wildman–Crippen MR) is 76.2 cm³/mol. The van der Waals surface area contributed by atoms with Gasteiger partial charge < -0.3 is 10.6 Å². The third kappa shape index (κ3) is 4.49. The summed E-state index contributed by atoms with van der Waals surface area (Å²) in [5, 5.41) is 5.20. The van der Waals surface area contributed by atoms with E-state index >= 15 is 0 Å². The van der Waals surface area contributed by atoms with Crippen molar-refractivity contribution in [3.8, 4) is 0 Å². The molecule has 1 aromatic rings. The lowest BCUT2D eigenvalue weighted by Crippen LogP contribution is -2.42. The van der Waals surface area contributed by atoms with Crippen molar-refractivity contribution in [2.24, 2.45) is 5.41 Å². The highest BCUT2D eigenvalue weighted by atomic mass is 35.5. The molecular weight excluding hydrogens is 283 g/mol. The van der Waals surface area contributed by atoms with Crippen LogP contribution in [-0.4, -0.2) is 30.8 Å². The van der Waals surface area contributed by atoms with Crippen LogP contribution in [0.5, 0.6) is 0 Å². The van der Waals surface area contributed by atoms with E-state index in [1.165, 1.54) is 18.2 Å². The Morgan fingerprint density at radius 1 is 1.20 bits per heavy atom. The summed E-state index contributed by atoms with van der Waals surface area (Å²) in [5.41, 5.74) is -0.670. The molecule has 0 saturated heterocycles. The Hall–Kier alpha value is -1.62. The van der Waals surface area contributed by atoms with Crippen LogP contribution in [0.15, 0.2) is 24.3 Å². The van der Waals surface area contributed by atoms with Crippen molar-refractivity contribution >= 4 is 23.4 Å². The molecule has 2 N–H and O–H groups in total. The molecule has 0 heterocycles. The molecule has 0 aliphatic carbocycles. The summed E-state index contributed by atoms with van der Waals surface area (Å²) < 4.78 is 13.3. The van der Waals surface area contributed by atoms with E-state index in [2.05, 4.69) is 10.6 Å². The van der Waals surface area contributed by atoms with Crippen molar-refractivity contribution in [2.75, 3.05) is 19.0 Å². The van der Waals surface area contributed by atoms with Gasteiger partial charge in [0, 0.05) is 19.0 Å². The molecule has 0 unspecified atom stereocenters. The summed E-state index contributed by atoms with van der Waals surface area (Å²) in [6.07, 6.45) is 0. The van der Waals surface area contributed by atoms with Crippen molar-refractivity contribution in [1.29, 1.82) is 0 Å². The van der Waals surface area contributed by atoms with Crippen LogP contribution in [0, 0.1) is 11.2 Å². The standard InChI is InChI=1S/C14H18ClFN2O2/c1-14(2,9-15)13(20)18-8-7-17-12(19)10-5-3-4-6-11(10)16/h3-6H,7-9H2,1-2H3,(H,17,19)(H,18,20). The lowest BCUT2D eigenvalue weighted by Gasteiger charge is -2.20. The maximum Gasteiger partial charge on any atom is 0.254 e. The predicted octanol–water partition coefficient (Wildman–Crippen LogP) is 1.94. The van der Waals surface area contributed by atoms with Gasteiger partial charge in [0.25, 0.3) is 5.91 Å². The van der Waals surface area contributed by atoms with E-state index in [1.54, 1.807) is 19.9 Å². The van der Waals surface area contributed by atoms with E-state index < -0.39 is 17.1 Å². The third-order valence-corrected chi connectivity index (χ3v) is 3.43. The zero-order valence-electron chi connectivity index (χ0n) is 11.5. The van der Waals surface area contributed by atoms with Crippen LogP contribution < -0.4 is 10.6 Å². The summed E-state index contributed by atoms with van der Waals surface area (Å²) >= 11 is 5.68. The highest BCUT2D eigenvalue weighted by Gasteiger charge is 2.25. The smallest absolute Gasteiger partial charge is 0.254 e. The van der Waals surface area contributed by atoms with E-state index in [0.29, 0.717) is 0 Å². The highest BCUT2D eigenvalue weighted by molar-refractivity contribution is 6.19. The average molecular weight is 301 g/mol. The van der Waals surface area contributed by atoms with Crippen LogP contribution >= 0.6 is 11.6 Å². The molecule has 0 spiro atoms. The van der Waals surface area contributed by atoms with Gasteiger partial charge in [0.2, 0.25) is 5.91 Å². The SMILES string of the molecule is CC(C)(CCl)C(=O)NCCNC(=O)c1ccccc1F. The topological polar surface area (TPSA) is 58.2 Å². The molecule has 0 aliphatic rings. The highest BCUT2D eigenvalue weighted by Crippen LogP contribution is 2.16. The van der Waals surface area contributed by atoms with Crippen LogP contribution in [0.2, 0.25) is 0 Å². The van der Waals surface area contributed by atoms with Crippen molar-refractivity contribution < 1.29 is 14.0 Å². The van der Waals surface area contributed by atoms with Crippen LogP contribution in [0.3, 0.4) is 0 Å². The molecular formula is C14H18ClFN2O2. The second kappa shape index (κ2) is 7.24. The number of hydrogen-bond donors (Lipinski definition) is 2. The molecule has 20 heavy (non-hydrogen) atoms. The molecule has 110 valence electrons. The zero-order chi connectivity index (χ0) is 15.2. The number of hydrogen-bond acceptors (Lipinski definition) is 2. The average Bonchev–Trinajstić information content (AvgIpc) is 2.43. The summed E-state index contributed by atoms with van der Waals surface area (Å²) in [4.78, 5) is 23.4. The van der Waals surface area contributed by atoms with Gasteiger partial charge in [-0.3, -0.25) is 9.59 Å². The molecule has 2 amide bonds. The molecule has 4 nitrogen and oxygen atoms in total. The number of alkyl halides is 1. The van der Waals surface area contributed by atoms with Crippen molar-refractivity contribution in [3.63, 3.8) is 0 Å². The monoisotopic (exact) mass is 300 g/mol. The number of nitrogens with one attached hydrogen (secondary N) is 2. The first-order chi connectivity index (χ1) is 9.38. The van der Waals surface area contributed by atoms with Crippen LogP contribution in [0.4, 0.5) is 4.39 Å². The lowest BCUT2D eigenvalue weighted by atomic mass is 9.95. The summed E-state index contributed by atoms with van der Waals surface area (Å²) in [5.74, 6) is -1.06. The Labute approximate surface area is 122 Å². The summed E-state index contributed by atoms with van der Waals surface area (Å²) in [7, 11) is 0. The largest absolute Gasteiger partial charge is 0.354 e. The molecule has 0 aromatic heterocycles. The Bertz CT molecular complexity index is 492. The van der Waals surface area contributed by atoms with Crippen molar-refractivity contribution in [2.45, 2.75) is 13.8 Å². The quantitative estimate of drug-likeness (QED) is 0.623. The van der Waals surface area contributed by atoms with Gasteiger partial charge >= 0.3 is 0 Å². The molecule has 1 rings (SSSR count). The van der Waals surface area contributed by atoms with E-state index in [1.807, 2.05) is 0 Å². The van der Waals surface area contributed by atoms with E-state index in [4.69, 9.17) is 11.6 Å². The minimum Gasteiger partial charge on any atom is -0.354 e. The van der Waals surface area contributed by atoms with Gasteiger partial charge in [-0.15, -0.1) is 11.6 Å². The number of halogens is 2. The Kier molecular flexibility index (Phi) is 5.95. The molecule has 0 atom stereocenters. The first-order valence-corrected chi connectivity index (χ1v) is 6.79. The van der Waals surface area contributed by atoms with Crippen molar-refractivity contribution in [1.82, 2.24) is 10.6 Å². The third-order valence-electron chi connectivity index (χ3n) is 2.76. The number of rotatable bonds is 6. The molecule has 0 fully saturated rings. The zero-order valence-corrected chi connectivity index (χ0v) is 12.3. The summed E-state index contributed by atoms with van der Waals surface area (Å²) in [6.45, 7) is 3.94. The van der Waals surface area contributed by atoms with Crippen LogP contribution in [0.1, 0.15) is 24.2 Å². The number of benzene rings is 1. The minimum absolute atomic E-state index is 0.0140. The molecule has 1 aromatic carbocycles. The number of carbonyl (C=O) groups is 2. The first kappa shape index (κ1) is 16.4. The fourth-order valence-electron chi connectivity index (χ4n) is 1.39. The van der Waals surface area contributed by atoms with Gasteiger partial charge in [-0.05, 0) is 26.0 Å². The van der Waals surface area contributed by atoms with E-state index in [-0.39, 0.29) is 30.4 Å². The Morgan fingerprint density at radius 2 is 1.80 bits per heavy atom. The van der Waals surface area contributed by atoms with E-state index in [9.17, 15) is 14.0 Å². The Morgan fingerprint density at radius 3 is 2.40 bits per heavy atom. The van der Waals surface area contributed by atoms with Gasteiger partial charge in [-0.2, -0.15) is 0 Å². The fraction of sp³-hybridized carbons (Fsp3) is 0.429. The molecule has 0 bridgehead atoms. The number of amides is 2. The van der Waals surface area contributed by atoms with Gasteiger partial charge in [-0.25, -0.2) is 4.39 Å². The second-order valence-corrected chi connectivity index (χ2v) is 5.28. The Balaban J connectivity index is 2.37.